The number of amides is 1. The van der Waals surface area contributed by atoms with Crippen molar-refractivity contribution in [2.45, 2.75) is 19.4 Å². The molecule has 1 heterocycles. The number of halogens is 1. The molecule has 0 radical (unpaired) electrons. The number of hydrogen-bond donors (Lipinski definition) is 1. The van der Waals surface area contributed by atoms with Gasteiger partial charge in [-0.1, -0.05) is 34.1 Å². The molecule has 148 valence electrons. The highest BCUT2D eigenvalue weighted by molar-refractivity contribution is 9.10. The van der Waals surface area contributed by atoms with Crippen LogP contribution in [0.2, 0.25) is 0 Å². The van der Waals surface area contributed by atoms with Gasteiger partial charge < -0.3 is 10.1 Å². The smallest absolute Gasteiger partial charge is 0.274 e. The number of morpholine rings is 1. The number of nitrogens with zero attached hydrogens (tertiary/aromatic N) is 2. The zero-order valence-corrected chi connectivity index (χ0v) is 17.1. The summed E-state index contributed by atoms with van der Waals surface area (Å²) in [6.45, 7) is 4.36. The van der Waals surface area contributed by atoms with Crippen molar-refractivity contribution in [3.63, 3.8) is 0 Å². The summed E-state index contributed by atoms with van der Waals surface area (Å²) in [5.74, 6) is -0.157. The lowest BCUT2D eigenvalue weighted by Crippen LogP contribution is -2.39. The zero-order valence-electron chi connectivity index (χ0n) is 15.6. The molecule has 28 heavy (non-hydrogen) atoms. The number of benzene rings is 2. The SMILES string of the molecule is Cc1c(NC(=O)CCN2CCOC(c3ccc(Br)cc3)C2)cccc1[N+](=O)[O-]. The number of nitro groups is 1. The largest absolute Gasteiger partial charge is 0.371 e. The molecule has 0 aliphatic carbocycles. The topological polar surface area (TPSA) is 84.7 Å². The molecule has 1 fully saturated rings. The fourth-order valence-corrected chi connectivity index (χ4v) is 3.48. The highest BCUT2D eigenvalue weighted by Crippen LogP contribution is 2.26. The molecule has 1 aliphatic heterocycles. The molecule has 0 aromatic heterocycles. The summed E-state index contributed by atoms with van der Waals surface area (Å²) in [4.78, 5) is 25.1. The van der Waals surface area contributed by atoms with E-state index in [2.05, 4.69) is 26.1 Å². The molecule has 7 nitrogen and oxygen atoms in total. The molecule has 8 heteroatoms. The van der Waals surface area contributed by atoms with E-state index in [1.54, 1.807) is 19.1 Å². The average molecular weight is 448 g/mol. The molecule has 1 N–H and O–H groups in total. The number of nitro benzene ring substituents is 1. The molecular formula is C20H22BrN3O4. The van der Waals surface area contributed by atoms with E-state index in [0.717, 1.165) is 23.1 Å². The van der Waals surface area contributed by atoms with Crippen LogP contribution in [0.4, 0.5) is 11.4 Å². The van der Waals surface area contributed by atoms with Crippen molar-refractivity contribution in [3.8, 4) is 0 Å². The quantitative estimate of drug-likeness (QED) is 0.532. The van der Waals surface area contributed by atoms with Gasteiger partial charge in [-0.3, -0.25) is 19.8 Å². The van der Waals surface area contributed by atoms with Crippen LogP contribution in [0.3, 0.4) is 0 Å². The number of anilines is 1. The molecule has 1 unspecified atom stereocenters. The Morgan fingerprint density at radius 2 is 2.07 bits per heavy atom. The highest BCUT2D eigenvalue weighted by Gasteiger charge is 2.22. The van der Waals surface area contributed by atoms with E-state index in [4.69, 9.17) is 4.74 Å². The molecule has 2 aromatic rings. The molecule has 1 atom stereocenters. The van der Waals surface area contributed by atoms with Crippen molar-refractivity contribution < 1.29 is 14.5 Å². The monoisotopic (exact) mass is 447 g/mol. The lowest BCUT2D eigenvalue weighted by atomic mass is 10.1. The molecule has 3 rings (SSSR count). The number of ether oxygens (including phenoxy) is 1. The molecule has 0 bridgehead atoms. The minimum absolute atomic E-state index is 0.00307. The predicted molar refractivity (Wildman–Crippen MR) is 110 cm³/mol. The Kier molecular flexibility index (Phi) is 6.77. The molecular weight excluding hydrogens is 426 g/mol. The first kappa shape index (κ1) is 20.4. The van der Waals surface area contributed by atoms with Crippen LogP contribution in [0.5, 0.6) is 0 Å². The first-order valence-electron chi connectivity index (χ1n) is 9.07. The van der Waals surface area contributed by atoms with E-state index in [9.17, 15) is 14.9 Å². The van der Waals surface area contributed by atoms with Gasteiger partial charge in [-0.2, -0.15) is 0 Å². The van der Waals surface area contributed by atoms with Crippen LogP contribution in [-0.4, -0.2) is 42.0 Å². The second-order valence-electron chi connectivity index (χ2n) is 6.72. The van der Waals surface area contributed by atoms with Crippen LogP contribution in [0, 0.1) is 17.0 Å². The predicted octanol–water partition coefficient (Wildman–Crippen LogP) is 4.07. The van der Waals surface area contributed by atoms with Crippen molar-refractivity contribution in [1.82, 2.24) is 4.90 Å². The van der Waals surface area contributed by atoms with Crippen LogP contribution >= 0.6 is 15.9 Å². The first-order valence-corrected chi connectivity index (χ1v) is 9.86. The van der Waals surface area contributed by atoms with Gasteiger partial charge in [-0.05, 0) is 30.7 Å². The van der Waals surface area contributed by atoms with Gasteiger partial charge in [0.2, 0.25) is 5.91 Å². The van der Waals surface area contributed by atoms with Crippen LogP contribution < -0.4 is 5.32 Å². The standard InChI is InChI=1S/C20H22BrN3O4/c1-14-17(3-2-4-18(14)24(26)27)22-20(25)9-10-23-11-12-28-19(13-23)15-5-7-16(21)8-6-15/h2-8,19H,9-13H2,1H3,(H,22,25). The Morgan fingerprint density at radius 1 is 1.32 bits per heavy atom. The normalized spacial score (nSPS) is 17.3. The van der Waals surface area contributed by atoms with E-state index < -0.39 is 4.92 Å². The maximum absolute atomic E-state index is 12.3. The van der Waals surface area contributed by atoms with Gasteiger partial charge in [-0.15, -0.1) is 0 Å². The van der Waals surface area contributed by atoms with Gasteiger partial charge in [0.15, 0.2) is 0 Å². The third kappa shape index (κ3) is 5.15. The van der Waals surface area contributed by atoms with Crippen molar-refractivity contribution in [2.24, 2.45) is 0 Å². The van der Waals surface area contributed by atoms with E-state index in [-0.39, 0.29) is 17.7 Å². The number of carbonyl (C=O) groups is 1. The van der Waals surface area contributed by atoms with E-state index in [1.807, 2.05) is 24.3 Å². The molecule has 1 aliphatic rings. The maximum Gasteiger partial charge on any atom is 0.274 e. The van der Waals surface area contributed by atoms with Gasteiger partial charge in [-0.25, -0.2) is 0 Å². The van der Waals surface area contributed by atoms with Crippen LogP contribution in [0.1, 0.15) is 23.7 Å². The Bertz CT molecular complexity index is 857. The van der Waals surface area contributed by atoms with Crippen molar-refractivity contribution >= 4 is 33.2 Å². The molecule has 1 amide bonds. The average Bonchev–Trinajstić information content (AvgIpc) is 2.68. The molecule has 0 saturated carbocycles. The second kappa shape index (κ2) is 9.27. The van der Waals surface area contributed by atoms with Gasteiger partial charge >= 0.3 is 0 Å². The zero-order chi connectivity index (χ0) is 20.1. The molecule has 0 spiro atoms. The fraction of sp³-hybridized carbons (Fsp3) is 0.350. The first-order chi connectivity index (χ1) is 13.4. The van der Waals surface area contributed by atoms with E-state index in [0.29, 0.717) is 30.8 Å². The summed E-state index contributed by atoms with van der Waals surface area (Å²) < 4.78 is 6.89. The highest BCUT2D eigenvalue weighted by atomic mass is 79.9. The summed E-state index contributed by atoms with van der Waals surface area (Å²) in [6, 6.07) is 12.7. The Morgan fingerprint density at radius 3 is 2.79 bits per heavy atom. The summed E-state index contributed by atoms with van der Waals surface area (Å²) in [6.07, 6.45) is 0.304. The summed E-state index contributed by atoms with van der Waals surface area (Å²) in [5, 5.41) is 13.8. The number of carbonyl (C=O) groups excluding carboxylic acids is 1. The Balaban J connectivity index is 1.54. The van der Waals surface area contributed by atoms with E-state index in [1.165, 1.54) is 6.07 Å². The fourth-order valence-electron chi connectivity index (χ4n) is 3.21. The lowest BCUT2D eigenvalue weighted by Gasteiger charge is -2.33. The third-order valence-corrected chi connectivity index (χ3v) is 5.35. The number of rotatable bonds is 6. The van der Waals surface area contributed by atoms with E-state index >= 15 is 0 Å². The van der Waals surface area contributed by atoms with Crippen LogP contribution in [-0.2, 0) is 9.53 Å². The van der Waals surface area contributed by atoms with Gasteiger partial charge in [0, 0.05) is 36.6 Å². The third-order valence-electron chi connectivity index (χ3n) is 4.82. The Labute approximate surface area is 172 Å². The van der Waals surface area contributed by atoms with Gasteiger partial charge in [0.05, 0.1) is 28.9 Å². The van der Waals surface area contributed by atoms with Gasteiger partial charge in [0.1, 0.15) is 0 Å². The molecule has 2 aromatic carbocycles. The Hall–Kier alpha value is -2.29. The minimum Gasteiger partial charge on any atom is -0.371 e. The number of nitrogens with one attached hydrogen (secondary N) is 1. The van der Waals surface area contributed by atoms with Crippen molar-refractivity contribution in [1.29, 1.82) is 0 Å². The van der Waals surface area contributed by atoms with Crippen molar-refractivity contribution in [2.75, 3.05) is 31.6 Å². The van der Waals surface area contributed by atoms with Crippen LogP contribution in [0.15, 0.2) is 46.9 Å². The maximum atomic E-state index is 12.3. The second-order valence-corrected chi connectivity index (χ2v) is 7.63. The van der Waals surface area contributed by atoms with Crippen LogP contribution in [0.25, 0.3) is 0 Å². The number of hydrogen-bond acceptors (Lipinski definition) is 5. The van der Waals surface area contributed by atoms with Crippen molar-refractivity contribution in [3.05, 3.63) is 68.2 Å². The summed E-state index contributed by atoms with van der Waals surface area (Å²) >= 11 is 3.43. The molecule has 1 saturated heterocycles. The summed E-state index contributed by atoms with van der Waals surface area (Å²) in [5.41, 5.74) is 2.06. The minimum atomic E-state index is -0.443. The lowest BCUT2D eigenvalue weighted by molar-refractivity contribution is -0.385. The van der Waals surface area contributed by atoms with Gasteiger partial charge in [0.25, 0.3) is 5.69 Å². The summed E-state index contributed by atoms with van der Waals surface area (Å²) in [7, 11) is 0.